The van der Waals surface area contributed by atoms with Gasteiger partial charge in [-0.05, 0) is 33.6 Å². The highest BCUT2D eigenvalue weighted by molar-refractivity contribution is 5.86. The molecule has 0 aromatic carbocycles. The maximum absolute atomic E-state index is 11.5. The van der Waals surface area contributed by atoms with E-state index >= 15 is 0 Å². The summed E-state index contributed by atoms with van der Waals surface area (Å²) in [6.45, 7) is 8.87. The largest absolute Gasteiger partial charge is 0.353 e. The number of amides is 1. The number of carbonyl (C=O) groups is 1. The molecule has 1 heterocycles. The van der Waals surface area contributed by atoms with Gasteiger partial charge in [-0.15, -0.1) is 0 Å². The van der Waals surface area contributed by atoms with E-state index in [1.807, 2.05) is 13.8 Å². The fourth-order valence-electron chi connectivity index (χ4n) is 2.01. The third kappa shape index (κ3) is 3.34. The Hall–Kier alpha value is -0.830. The molecule has 1 saturated heterocycles. The lowest BCUT2D eigenvalue weighted by Gasteiger charge is -2.36. The van der Waals surface area contributed by atoms with Gasteiger partial charge in [0, 0.05) is 12.6 Å². The predicted octanol–water partition coefficient (Wildman–Crippen LogP) is 1.60. The van der Waals surface area contributed by atoms with Gasteiger partial charge in [0.15, 0.2) is 0 Å². The van der Waals surface area contributed by atoms with Gasteiger partial charge >= 0.3 is 0 Å². The normalized spacial score (nSPS) is 26.3. The van der Waals surface area contributed by atoms with Gasteiger partial charge in [0.25, 0.3) is 0 Å². The van der Waals surface area contributed by atoms with E-state index in [2.05, 4.69) is 30.6 Å². The summed E-state index contributed by atoms with van der Waals surface area (Å²) in [5.74, 6) is 0.0934. The molecule has 3 nitrogen and oxygen atoms in total. The first kappa shape index (κ1) is 12.2. The van der Waals surface area contributed by atoms with Gasteiger partial charge in [-0.2, -0.15) is 0 Å². The van der Waals surface area contributed by atoms with Crippen LogP contribution in [0.2, 0.25) is 0 Å². The molecule has 1 amide bonds. The molecular weight excluding hydrogens is 188 g/mol. The average Bonchev–Trinajstić information content (AvgIpc) is 2.11. The van der Waals surface area contributed by atoms with Crippen molar-refractivity contribution in [1.29, 1.82) is 0 Å². The molecule has 0 aliphatic carbocycles. The Morgan fingerprint density at radius 2 is 2.27 bits per heavy atom. The van der Waals surface area contributed by atoms with E-state index in [9.17, 15) is 4.79 Å². The Bertz CT molecular complexity index is 269. The third-order valence-electron chi connectivity index (χ3n) is 2.76. The zero-order valence-corrected chi connectivity index (χ0v) is 10.2. The van der Waals surface area contributed by atoms with Gasteiger partial charge in [-0.3, -0.25) is 10.1 Å². The second kappa shape index (κ2) is 4.79. The van der Waals surface area contributed by atoms with E-state index in [-0.39, 0.29) is 5.91 Å². The van der Waals surface area contributed by atoms with Crippen molar-refractivity contribution in [3.05, 3.63) is 11.6 Å². The van der Waals surface area contributed by atoms with Crippen LogP contribution in [0.4, 0.5) is 0 Å². The van der Waals surface area contributed by atoms with Gasteiger partial charge in [-0.25, -0.2) is 0 Å². The quantitative estimate of drug-likeness (QED) is 0.695. The monoisotopic (exact) mass is 210 g/mol. The summed E-state index contributed by atoms with van der Waals surface area (Å²) in [4.78, 5) is 11.5. The molecule has 1 rings (SSSR count). The molecule has 1 aliphatic heterocycles. The number of allylic oxidation sites excluding steroid dienone is 1. The van der Waals surface area contributed by atoms with Crippen LogP contribution < -0.4 is 10.6 Å². The highest BCUT2D eigenvalue weighted by atomic mass is 16.2. The zero-order chi connectivity index (χ0) is 11.5. The lowest BCUT2D eigenvalue weighted by atomic mass is 9.96. The molecule has 0 bridgehead atoms. The first-order chi connectivity index (χ1) is 6.95. The minimum Gasteiger partial charge on any atom is -0.353 e. The molecule has 0 saturated carbocycles. The van der Waals surface area contributed by atoms with E-state index in [0.717, 1.165) is 19.4 Å². The van der Waals surface area contributed by atoms with Gasteiger partial charge in [0.2, 0.25) is 5.91 Å². The molecular formula is C12H22N2O. The molecule has 2 N–H and O–H groups in total. The number of carbonyl (C=O) groups excluding carboxylic acids is 1. The number of piperazine rings is 1. The Labute approximate surface area is 92.3 Å². The van der Waals surface area contributed by atoms with Crippen LogP contribution in [0.3, 0.4) is 0 Å². The van der Waals surface area contributed by atoms with Crippen molar-refractivity contribution in [2.24, 2.45) is 0 Å². The fourth-order valence-corrected chi connectivity index (χ4v) is 2.01. The minimum absolute atomic E-state index is 0.0934. The molecule has 0 radical (unpaired) electrons. The molecule has 1 unspecified atom stereocenters. The first-order valence-electron chi connectivity index (χ1n) is 5.67. The van der Waals surface area contributed by atoms with Crippen molar-refractivity contribution in [2.45, 2.75) is 52.1 Å². The summed E-state index contributed by atoms with van der Waals surface area (Å²) in [6.07, 6.45) is 4.33. The highest BCUT2D eigenvalue weighted by Crippen LogP contribution is 2.14. The molecule has 15 heavy (non-hydrogen) atoms. The van der Waals surface area contributed by atoms with Crippen molar-refractivity contribution in [1.82, 2.24) is 10.6 Å². The van der Waals surface area contributed by atoms with Crippen LogP contribution >= 0.6 is 0 Å². The summed E-state index contributed by atoms with van der Waals surface area (Å²) < 4.78 is 0. The minimum atomic E-state index is -0.435. The topological polar surface area (TPSA) is 41.1 Å². The van der Waals surface area contributed by atoms with E-state index in [4.69, 9.17) is 0 Å². The van der Waals surface area contributed by atoms with Crippen LogP contribution in [0.15, 0.2) is 11.6 Å². The highest BCUT2D eigenvalue weighted by Gasteiger charge is 2.34. The lowest BCUT2D eigenvalue weighted by Crippen LogP contribution is -2.64. The third-order valence-corrected chi connectivity index (χ3v) is 2.76. The molecule has 0 spiro atoms. The standard InChI is InChI=1S/C12H22N2O/c1-5-6-9(2)7-10-8-13-11(15)12(3,4)14-10/h6,10,14H,5,7-8H2,1-4H3,(H,13,15). The van der Waals surface area contributed by atoms with Crippen LogP contribution in [-0.2, 0) is 4.79 Å². The summed E-state index contributed by atoms with van der Waals surface area (Å²) in [5, 5.41) is 6.32. The molecule has 3 heteroatoms. The Kier molecular flexibility index (Phi) is 3.91. The molecule has 0 aromatic heterocycles. The second-order valence-corrected chi connectivity index (χ2v) is 4.84. The van der Waals surface area contributed by atoms with Crippen molar-refractivity contribution >= 4 is 5.91 Å². The summed E-state index contributed by atoms with van der Waals surface area (Å²) in [6, 6.07) is 0.362. The number of hydrogen-bond donors (Lipinski definition) is 2. The number of rotatable bonds is 3. The van der Waals surface area contributed by atoms with Crippen molar-refractivity contribution in [3.8, 4) is 0 Å². The van der Waals surface area contributed by atoms with E-state index in [1.54, 1.807) is 0 Å². The summed E-state index contributed by atoms with van der Waals surface area (Å²) >= 11 is 0. The van der Waals surface area contributed by atoms with Crippen LogP contribution in [0.1, 0.15) is 40.5 Å². The smallest absolute Gasteiger partial charge is 0.239 e. The first-order valence-corrected chi connectivity index (χ1v) is 5.67. The van der Waals surface area contributed by atoms with Gasteiger partial charge in [0.1, 0.15) is 0 Å². The fraction of sp³-hybridized carbons (Fsp3) is 0.750. The van der Waals surface area contributed by atoms with Crippen LogP contribution in [0.25, 0.3) is 0 Å². The zero-order valence-electron chi connectivity index (χ0n) is 10.2. The molecule has 86 valence electrons. The van der Waals surface area contributed by atoms with Crippen LogP contribution in [-0.4, -0.2) is 24.0 Å². The summed E-state index contributed by atoms with van der Waals surface area (Å²) in [5.41, 5.74) is 0.956. The number of hydrogen-bond acceptors (Lipinski definition) is 2. The molecule has 1 atom stereocenters. The van der Waals surface area contributed by atoms with Crippen molar-refractivity contribution < 1.29 is 4.79 Å². The van der Waals surface area contributed by atoms with Gasteiger partial charge in [-0.1, -0.05) is 18.6 Å². The SMILES string of the molecule is CCC=C(C)CC1CNC(=O)C(C)(C)N1. The van der Waals surface area contributed by atoms with E-state index in [1.165, 1.54) is 5.57 Å². The van der Waals surface area contributed by atoms with Crippen LogP contribution in [0.5, 0.6) is 0 Å². The Morgan fingerprint density at radius 3 is 2.80 bits per heavy atom. The van der Waals surface area contributed by atoms with Crippen LogP contribution in [0, 0.1) is 0 Å². The average molecular weight is 210 g/mol. The van der Waals surface area contributed by atoms with E-state index in [0.29, 0.717) is 6.04 Å². The van der Waals surface area contributed by atoms with E-state index < -0.39 is 5.54 Å². The second-order valence-electron chi connectivity index (χ2n) is 4.84. The lowest BCUT2D eigenvalue weighted by molar-refractivity contribution is -0.128. The van der Waals surface area contributed by atoms with Gasteiger partial charge < -0.3 is 5.32 Å². The Morgan fingerprint density at radius 1 is 1.60 bits per heavy atom. The summed E-state index contributed by atoms with van der Waals surface area (Å²) in [7, 11) is 0. The number of nitrogens with one attached hydrogen (secondary N) is 2. The maximum Gasteiger partial charge on any atom is 0.239 e. The Balaban J connectivity index is 2.53. The maximum atomic E-state index is 11.5. The molecule has 1 fully saturated rings. The molecule has 1 aliphatic rings. The van der Waals surface area contributed by atoms with Crippen molar-refractivity contribution in [2.75, 3.05) is 6.54 Å². The predicted molar refractivity (Wildman–Crippen MR) is 62.7 cm³/mol. The van der Waals surface area contributed by atoms with Crippen molar-refractivity contribution in [3.63, 3.8) is 0 Å². The molecule has 0 aromatic rings. The van der Waals surface area contributed by atoms with Gasteiger partial charge in [0.05, 0.1) is 5.54 Å².